The van der Waals surface area contributed by atoms with E-state index >= 15 is 0 Å². The molecule has 0 aliphatic rings. The zero-order valence-electron chi connectivity index (χ0n) is 17.4. The van der Waals surface area contributed by atoms with Crippen LogP contribution in [0.25, 0.3) is 22.3 Å². The fraction of sp³-hybridized carbons (Fsp3) is 0.130. The van der Waals surface area contributed by atoms with E-state index in [-0.39, 0.29) is 35.5 Å². The van der Waals surface area contributed by atoms with Crippen LogP contribution in [0.1, 0.15) is 27.9 Å². The van der Waals surface area contributed by atoms with E-state index in [0.717, 1.165) is 11.6 Å². The highest BCUT2D eigenvalue weighted by molar-refractivity contribution is 7.77. The average Bonchev–Trinajstić information content (AvgIpc) is 2.84. The van der Waals surface area contributed by atoms with Crippen LogP contribution < -0.4 is 4.72 Å². The number of rotatable bonds is 8. The summed E-state index contributed by atoms with van der Waals surface area (Å²) in [7, 11) is 0. The van der Waals surface area contributed by atoms with E-state index in [1.165, 1.54) is 12.1 Å². The third kappa shape index (κ3) is 5.15. The summed E-state index contributed by atoms with van der Waals surface area (Å²) in [6, 6.07) is 8.92. The van der Waals surface area contributed by atoms with Gasteiger partial charge in [0.2, 0.25) is 0 Å². The molecule has 0 spiro atoms. The molecule has 1 unspecified atom stereocenters. The number of hydrogen-bond acceptors (Lipinski definition) is 6. The van der Waals surface area contributed by atoms with Gasteiger partial charge in [0.25, 0.3) is 0 Å². The van der Waals surface area contributed by atoms with Crippen molar-refractivity contribution in [1.29, 1.82) is 0 Å². The second kappa shape index (κ2) is 10.4. The topological polar surface area (TPSA) is 108 Å². The number of aromatic nitrogens is 3. The molecule has 2 aromatic heterocycles. The molecule has 1 N–H and O–H groups in total. The molecule has 0 fully saturated rings. The molecule has 2 heterocycles. The van der Waals surface area contributed by atoms with Crippen LogP contribution in [0, 0.1) is 11.6 Å². The molecule has 1 atom stereocenters. The molecular formula is C23H16ClF2N4O3S-. The standard InChI is InChI=1S/C23H17ClF2N4O3S/c24-21-13(3-2-8-29-34(32)33)9-16(25)22(26)20(21)23(31)14-5-6-17-18(10-14)30-19(12-28-17)15-4-1-7-27-11-15/h1,4-7,9-12,29H,2-3,8H2,(H,32,33)/p-1. The molecule has 174 valence electrons. The van der Waals surface area contributed by atoms with E-state index in [9.17, 15) is 22.3 Å². The minimum Gasteiger partial charge on any atom is -0.760 e. The molecule has 2 aromatic carbocycles. The first-order valence-electron chi connectivity index (χ1n) is 10.1. The van der Waals surface area contributed by atoms with Crippen molar-refractivity contribution in [3.05, 3.63) is 88.3 Å². The minimum absolute atomic E-state index is 0.0610. The van der Waals surface area contributed by atoms with Gasteiger partial charge in [0.05, 0.1) is 33.5 Å². The Balaban J connectivity index is 1.68. The maximum Gasteiger partial charge on any atom is 0.197 e. The lowest BCUT2D eigenvalue weighted by Gasteiger charge is -2.12. The molecule has 0 aliphatic heterocycles. The number of pyridine rings is 1. The lowest BCUT2D eigenvalue weighted by molar-refractivity contribution is 0.103. The third-order valence-electron chi connectivity index (χ3n) is 5.06. The zero-order chi connectivity index (χ0) is 24.2. The number of fused-ring (bicyclic) bond motifs is 1. The van der Waals surface area contributed by atoms with Gasteiger partial charge in [0.15, 0.2) is 17.4 Å². The van der Waals surface area contributed by atoms with Crippen molar-refractivity contribution in [3.8, 4) is 11.3 Å². The number of carbonyl (C=O) groups is 1. The van der Waals surface area contributed by atoms with Gasteiger partial charge in [-0.3, -0.25) is 19.0 Å². The SMILES string of the molecule is O=C(c1ccc2ncc(-c3cccnc3)nc2c1)c1c(F)c(F)cc(CCCNS(=O)[O-])c1Cl. The van der Waals surface area contributed by atoms with Crippen LogP contribution in [0.3, 0.4) is 0 Å². The monoisotopic (exact) mass is 501 g/mol. The molecule has 0 saturated heterocycles. The van der Waals surface area contributed by atoms with Crippen LogP contribution in [0.5, 0.6) is 0 Å². The Bertz CT molecular complexity index is 1410. The van der Waals surface area contributed by atoms with Crippen LogP contribution in [-0.2, 0) is 17.7 Å². The largest absolute Gasteiger partial charge is 0.760 e. The summed E-state index contributed by atoms with van der Waals surface area (Å²) in [6.07, 6.45) is 5.24. The van der Waals surface area contributed by atoms with Crippen LogP contribution in [0.2, 0.25) is 5.02 Å². The van der Waals surface area contributed by atoms with Gasteiger partial charge in [-0.2, -0.15) is 0 Å². The van der Waals surface area contributed by atoms with E-state index in [2.05, 4.69) is 19.7 Å². The first kappa shape index (κ1) is 24.0. The van der Waals surface area contributed by atoms with Crippen LogP contribution >= 0.6 is 11.6 Å². The zero-order valence-corrected chi connectivity index (χ0v) is 19.0. The molecule has 0 radical (unpaired) electrons. The summed E-state index contributed by atoms with van der Waals surface area (Å²) < 4.78 is 52.3. The molecule has 0 bridgehead atoms. The summed E-state index contributed by atoms with van der Waals surface area (Å²) >= 11 is 3.86. The van der Waals surface area contributed by atoms with Gasteiger partial charge in [0, 0.05) is 41.3 Å². The van der Waals surface area contributed by atoms with Crippen LogP contribution in [0.15, 0.2) is 55.0 Å². The fourth-order valence-corrected chi connectivity index (χ4v) is 4.05. The Labute approximate surface area is 200 Å². The predicted octanol–water partition coefficient (Wildman–Crippen LogP) is 4.17. The van der Waals surface area contributed by atoms with Crippen molar-refractivity contribution < 1.29 is 22.3 Å². The molecule has 0 saturated carbocycles. The highest BCUT2D eigenvalue weighted by atomic mass is 35.5. The van der Waals surface area contributed by atoms with Gasteiger partial charge >= 0.3 is 0 Å². The molecule has 7 nitrogen and oxygen atoms in total. The van der Waals surface area contributed by atoms with Gasteiger partial charge in [0.1, 0.15) is 0 Å². The Kier molecular flexibility index (Phi) is 7.32. The highest BCUT2D eigenvalue weighted by Crippen LogP contribution is 2.30. The van der Waals surface area contributed by atoms with Crippen molar-refractivity contribution in [2.75, 3.05) is 6.54 Å². The minimum atomic E-state index is -2.43. The van der Waals surface area contributed by atoms with Gasteiger partial charge in [-0.1, -0.05) is 11.6 Å². The average molecular weight is 502 g/mol. The van der Waals surface area contributed by atoms with Gasteiger partial charge < -0.3 is 4.55 Å². The van der Waals surface area contributed by atoms with E-state index < -0.39 is 34.2 Å². The van der Waals surface area contributed by atoms with Crippen LogP contribution in [-0.4, -0.2) is 36.0 Å². The normalized spacial score (nSPS) is 12.1. The Morgan fingerprint density at radius 2 is 1.97 bits per heavy atom. The predicted molar refractivity (Wildman–Crippen MR) is 123 cm³/mol. The van der Waals surface area contributed by atoms with E-state index in [0.29, 0.717) is 16.7 Å². The number of nitrogens with zero attached hydrogens (tertiary/aromatic N) is 3. The molecule has 4 aromatic rings. The Hall–Kier alpha value is -3.18. The first-order chi connectivity index (χ1) is 16.3. The number of aryl methyl sites for hydroxylation is 1. The maximum atomic E-state index is 14.7. The summed E-state index contributed by atoms with van der Waals surface area (Å²) in [5.41, 5.74) is 1.83. The van der Waals surface area contributed by atoms with E-state index in [1.54, 1.807) is 30.7 Å². The molecule has 11 heteroatoms. The third-order valence-corrected chi connectivity index (χ3v) is 5.93. The number of halogens is 3. The summed E-state index contributed by atoms with van der Waals surface area (Å²) in [6.45, 7) is 0.0807. The molecule has 0 aliphatic carbocycles. The van der Waals surface area contributed by atoms with E-state index in [1.807, 2.05) is 6.07 Å². The van der Waals surface area contributed by atoms with Crippen molar-refractivity contribution in [1.82, 2.24) is 19.7 Å². The summed E-state index contributed by atoms with van der Waals surface area (Å²) in [4.78, 5) is 26.1. The molecule has 0 amide bonds. The Morgan fingerprint density at radius 3 is 2.71 bits per heavy atom. The van der Waals surface area contributed by atoms with Crippen molar-refractivity contribution in [3.63, 3.8) is 0 Å². The second-order valence-corrected chi connectivity index (χ2v) is 8.42. The van der Waals surface area contributed by atoms with Crippen molar-refractivity contribution >= 4 is 39.7 Å². The summed E-state index contributed by atoms with van der Waals surface area (Å²) in [5, 5.41) is -0.220. The number of benzene rings is 2. The van der Waals surface area contributed by atoms with Gasteiger partial charge in [-0.05, 0) is 54.8 Å². The number of ketones is 1. The molecular weight excluding hydrogens is 486 g/mol. The van der Waals surface area contributed by atoms with Gasteiger partial charge in [-0.25, -0.2) is 18.5 Å². The van der Waals surface area contributed by atoms with Crippen molar-refractivity contribution in [2.45, 2.75) is 12.8 Å². The van der Waals surface area contributed by atoms with Crippen molar-refractivity contribution in [2.24, 2.45) is 0 Å². The number of carbonyl (C=O) groups excluding carboxylic acids is 1. The Morgan fingerprint density at radius 1 is 1.15 bits per heavy atom. The first-order valence-corrected chi connectivity index (χ1v) is 11.5. The lowest BCUT2D eigenvalue weighted by atomic mass is 9.98. The quantitative estimate of drug-likeness (QED) is 0.168. The molecule has 4 rings (SSSR count). The van der Waals surface area contributed by atoms with Crippen LogP contribution in [0.4, 0.5) is 8.78 Å². The number of nitrogens with one attached hydrogen (secondary N) is 1. The number of hydrogen-bond donors (Lipinski definition) is 1. The molecule has 34 heavy (non-hydrogen) atoms. The smallest absolute Gasteiger partial charge is 0.197 e. The maximum absolute atomic E-state index is 14.7. The van der Waals surface area contributed by atoms with E-state index in [4.69, 9.17) is 11.6 Å². The summed E-state index contributed by atoms with van der Waals surface area (Å²) in [5.74, 6) is -3.38. The lowest BCUT2D eigenvalue weighted by Crippen LogP contribution is -2.18. The second-order valence-electron chi connectivity index (χ2n) is 7.28. The fourth-order valence-electron chi connectivity index (χ4n) is 3.42. The van der Waals surface area contributed by atoms with Gasteiger partial charge in [-0.15, -0.1) is 0 Å². The highest BCUT2D eigenvalue weighted by Gasteiger charge is 2.24.